The van der Waals surface area contributed by atoms with Gasteiger partial charge in [0.2, 0.25) is 5.78 Å². The van der Waals surface area contributed by atoms with Gasteiger partial charge in [0.1, 0.15) is 11.5 Å². The van der Waals surface area contributed by atoms with E-state index in [4.69, 9.17) is 0 Å². The normalized spacial score (nSPS) is 12.6. The van der Waals surface area contributed by atoms with Gasteiger partial charge >= 0.3 is 0 Å². The highest BCUT2D eigenvalue weighted by atomic mass is 19.1. The molecule has 0 saturated carbocycles. The van der Waals surface area contributed by atoms with Crippen LogP contribution in [0.1, 0.15) is 63.5 Å². The lowest BCUT2D eigenvalue weighted by Crippen LogP contribution is -2.23. The number of nitrogens with zero attached hydrogens (tertiary/aromatic N) is 2. The second-order valence-electron chi connectivity index (χ2n) is 7.56. The molecule has 0 amide bonds. The van der Waals surface area contributed by atoms with Gasteiger partial charge in [-0.2, -0.15) is 5.10 Å². The first-order chi connectivity index (χ1) is 13.9. The molecule has 146 valence electrons. The Morgan fingerprint density at radius 3 is 2.45 bits per heavy atom. The lowest BCUT2D eigenvalue weighted by atomic mass is 9.85. The van der Waals surface area contributed by atoms with Crippen molar-refractivity contribution in [3.8, 4) is 5.69 Å². The van der Waals surface area contributed by atoms with Crippen LogP contribution in [0.5, 0.6) is 0 Å². The fourth-order valence-corrected chi connectivity index (χ4v) is 3.70. The van der Waals surface area contributed by atoms with Crippen molar-refractivity contribution in [3.63, 3.8) is 0 Å². The molecule has 0 spiro atoms. The van der Waals surface area contributed by atoms with Crippen molar-refractivity contribution in [2.45, 2.75) is 33.6 Å². The molecular formula is C24H21FN2O2. The summed E-state index contributed by atoms with van der Waals surface area (Å²) in [5.41, 5.74) is 4.67. The van der Waals surface area contributed by atoms with Crippen LogP contribution >= 0.6 is 0 Å². The van der Waals surface area contributed by atoms with Crippen LogP contribution in [0.3, 0.4) is 0 Å². The molecule has 5 heteroatoms. The monoisotopic (exact) mass is 388 g/mol. The maximum atomic E-state index is 13.4. The minimum absolute atomic E-state index is 0.198. The lowest BCUT2D eigenvalue weighted by Gasteiger charge is -2.17. The van der Waals surface area contributed by atoms with Crippen molar-refractivity contribution >= 4 is 11.6 Å². The zero-order chi connectivity index (χ0) is 20.7. The van der Waals surface area contributed by atoms with Crippen molar-refractivity contribution in [3.05, 3.63) is 93.6 Å². The van der Waals surface area contributed by atoms with Crippen molar-refractivity contribution < 1.29 is 14.0 Å². The van der Waals surface area contributed by atoms with Crippen molar-refractivity contribution in [1.29, 1.82) is 0 Å². The van der Waals surface area contributed by atoms with Crippen LogP contribution in [0.15, 0.2) is 54.1 Å². The predicted molar refractivity (Wildman–Crippen MR) is 109 cm³/mol. The SMILES string of the molecule is CC(C)=CCCc1ccc2c(c1)C(=O)c1c(c(C)nn1-c1ccc(F)cc1)C2=O. The molecule has 4 rings (SSSR count). The molecule has 1 heterocycles. The summed E-state index contributed by atoms with van der Waals surface area (Å²) in [7, 11) is 0. The Balaban J connectivity index is 1.79. The maximum absolute atomic E-state index is 13.4. The highest BCUT2D eigenvalue weighted by Gasteiger charge is 2.36. The third-order valence-corrected chi connectivity index (χ3v) is 5.13. The number of aromatic nitrogens is 2. The summed E-state index contributed by atoms with van der Waals surface area (Å²) in [5, 5.41) is 4.41. The molecule has 0 radical (unpaired) electrons. The third-order valence-electron chi connectivity index (χ3n) is 5.13. The number of carbonyl (C=O) groups excluding carboxylic acids is 2. The summed E-state index contributed by atoms with van der Waals surface area (Å²) in [4.78, 5) is 26.5. The molecule has 0 bridgehead atoms. The molecule has 29 heavy (non-hydrogen) atoms. The third kappa shape index (κ3) is 3.33. The number of allylic oxidation sites excluding steroid dienone is 2. The maximum Gasteiger partial charge on any atom is 0.213 e. The van der Waals surface area contributed by atoms with Gasteiger partial charge in [-0.3, -0.25) is 9.59 Å². The van der Waals surface area contributed by atoms with E-state index in [1.807, 2.05) is 12.1 Å². The molecule has 0 unspecified atom stereocenters. The van der Waals surface area contributed by atoms with E-state index in [1.54, 1.807) is 25.1 Å². The van der Waals surface area contributed by atoms with Gasteiger partial charge in [-0.25, -0.2) is 9.07 Å². The van der Waals surface area contributed by atoms with Crippen LogP contribution in [0, 0.1) is 12.7 Å². The Morgan fingerprint density at radius 1 is 1.03 bits per heavy atom. The van der Waals surface area contributed by atoms with Crippen molar-refractivity contribution in [1.82, 2.24) is 9.78 Å². The van der Waals surface area contributed by atoms with E-state index in [0.717, 1.165) is 18.4 Å². The van der Waals surface area contributed by atoms with Gasteiger partial charge in [0.25, 0.3) is 0 Å². The molecule has 0 atom stereocenters. The molecular weight excluding hydrogens is 367 g/mol. The number of hydrogen-bond donors (Lipinski definition) is 0. The van der Waals surface area contributed by atoms with E-state index in [9.17, 15) is 14.0 Å². The number of aryl methyl sites for hydroxylation is 2. The highest BCUT2D eigenvalue weighted by Crippen LogP contribution is 2.31. The molecule has 4 nitrogen and oxygen atoms in total. The largest absolute Gasteiger partial charge is 0.288 e. The standard InChI is InChI=1S/C24H21FN2O2/c1-14(2)5-4-6-16-7-12-19-20(13-16)24(29)22-21(23(19)28)15(3)26-27(22)18-10-8-17(25)9-11-18/h5,7-13H,4,6H2,1-3H3. The van der Waals surface area contributed by atoms with Crippen LogP contribution in [-0.2, 0) is 6.42 Å². The Labute approximate surface area is 168 Å². The fraction of sp³-hybridized carbons (Fsp3) is 0.208. The van der Waals surface area contributed by atoms with E-state index < -0.39 is 0 Å². The number of ketones is 2. The van der Waals surface area contributed by atoms with E-state index in [2.05, 4.69) is 25.0 Å². The van der Waals surface area contributed by atoms with Crippen molar-refractivity contribution in [2.24, 2.45) is 0 Å². The van der Waals surface area contributed by atoms with Gasteiger partial charge in [-0.1, -0.05) is 23.8 Å². The van der Waals surface area contributed by atoms with Gasteiger partial charge in [-0.05, 0) is 69.5 Å². The molecule has 1 aliphatic carbocycles. The van der Waals surface area contributed by atoms with E-state index in [1.165, 1.54) is 22.4 Å². The first-order valence-electron chi connectivity index (χ1n) is 9.58. The molecule has 0 saturated heterocycles. The van der Waals surface area contributed by atoms with Crippen LogP contribution < -0.4 is 0 Å². The number of rotatable bonds is 4. The summed E-state index contributed by atoms with van der Waals surface area (Å²) in [6.07, 6.45) is 3.82. The van der Waals surface area contributed by atoms with Gasteiger partial charge < -0.3 is 0 Å². The Morgan fingerprint density at radius 2 is 1.76 bits per heavy atom. The summed E-state index contributed by atoms with van der Waals surface area (Å²) < 4.78 is 14.8. The van der Waals surface area contributed by atoms with E-state index >= 15 is 0 Å². The Hall–Kier alpha value is -3.34. The minimum Gasteiger partial charge on any atom is -0.288 e. The predicted octanol–water partition coefficient (Wildman–Crippen LogP) is 4.99. The molecule has 2 aromatic carbocycles. The van der Waals surface area contributed by atoms with Crippen LogP contribution in [0.25, 0.3) is 5.69 Å². The number of hydrogen-bond acceptors (Lipinski definition) is 3. The number of benzene rings is 2. The topological polar surface area (TPSA) is 52.0 Å². The van der Waals surface area contributed by atoms with Crippen LogP contribution in [0.4, 0.5) is 4.39 Å². The molecule has 3 aromatic rings. The second kappa shape index (κ2) is 7.24. The summed E-state index contributed by atoms with van der Waals surface area (Å²) in [6.45, 7) is 5.81. The van der Waals surface area contributed by atoms with E-state index in [0.29, 0.717) is 28.1 Å². The van der Waals surface area contributed by atoms with Crippen LogP contribution in [0.2, 0.25) is 0 Å². The molecule has 1 aliphatic rings. The fourth-order valence-electron chi connectivity index (χ4n) is 3.70. The van der Waals surface area contributed by atoms with Gasteiger partial charge in [-0.15, -0.1) is 0 Å². The Kier molecular flexibility index (Phi) is 4.74. The quantitative estimate of drug-likeness (QED) is 0.463. The molecule has 0 aliphatic heterocycles. The van der Waals surface area contributed by atoms with E-state index in [-0.39, 0.29) is 23.1 Å². The molecule has 0 N–H and O–H groups in total. The van der Waals surface area contributed by atoms with Gasteiger partial charge in [0.05, 0.1) is 16.9 Å². The molecule has 0 fully saturated rings. The average Bonchev–Trinajstić information content (AvgIpc) is 3.04. The Bertz CT molecular complexity index is 1170. The number of fused-ring (bicyclic) bond motifs is 2. The van der Waals surface area contributed by atoms with Crippen LogP contribution in [-0.4, -0.2) is 21.3 Å². The first-order valence-corrected chi connectivity index (χ1v) is 9.58. The smallest absolute Gasteiger partial charge is 0.213 e. The number of carbonyl (C=O) groups is 2. The lowest BCUT2D eigenvalue weighted by molar-refractivity contribution is 0.0974. The second-order valence-corrected chi connectivity index (χ2v) is 7.56. The highest BCUT2D eigenvalue weighted by molar-refractivity contribution is 6.28. The molecule has 1 aromatic heterocycles. The minimum atomic E-state index is -0.375. The van der Waals surface area contributed by atoms with Crippen molar-refractivity contribution in [2.75, 3.05) is 0 Å². The average molecular weight is 388 g/mol. The van der Waals surface area contributed by atoms with Gasteiger partial charge in [0, 0.05) is 11.1 Å². The zero-order valence-electron chi connectivity index (χ0n) is 16.6. The zero-order valence-corrected chi connectivity index (χ0v) is 16.6. The number of halogens is 1. The van der Waals surface area contributed by atoms with Gasteiger partial charge in [0.15, 0.2) is 5.78 Å². The summed E-state index contributed by atoms with van der Waals surface area (Å²) >= 11 is 0. The summed E-state index contributed by atoms with van der Waals surface area (Å²) in [5.74, 6) is -0.805. The first kappa shape index (κ1) is 19.0. The summed E-state index contributed by atoms with van der Waals surface area (Å²) in [6, 6.07) is 11.2.